The SMILES string of the molecule is CN(C)C(CNC(=O)C12CC3CC(CC(C3)C1)C2)c1cccc(F)c1. The molecule has 0 saturated heterocycles. The van der Waals surface area contributed by atoms with Gasteiger partial charge in [-0.25, -0.2) is 4.39 Å². The summed E-state index contributed by atoms with van der Waals surface area (Å²) in [4.78, 5) is 15.2. The molecular formula is C21H29FN2O. The Labute approximate surface area is 150 Å². The third-order valence-corrected chi connectivity index (χ3v) is 6.83. The average Bonchev–Trinajstić information content (AvgIpc) is 2.53. The maximum Gasteiger partial charge on any atom is 0.226 e. The lowest BCUT2D eigenvalue weighted by molar-refractivity contribution is -0.146. The van der Waals surface area contributed by atoms with Crippen LogP contribution < -0.4 is 5.32 Å². The van der Waals surface area contributed by atoms with Gasteiger partial charge in [0.15, 0.2) is 0 Å². The Balaban J connectivity index is 1.45. The van der Waals surface area contributed by atoms with Crippen molar-refractivity contribution in [1.82, 2.24) is 10.2 Å². The Morgan fingerprint density at radius 1 is 1.20 bits per heavy atom. The molecule has 136 valence electrons. The van der Waals surface area contributed by atoms with Crippen LogP contribution in [0.15, 0.2) is 24.3 Å². The first-order chi connectivity index (χ1) is 11.9. The van der Waals surface area contributed by atoms with Crippen LogP contribution in [0.25, 0.3) is 0 Å². The maximum absolute atomic E-state index is 13.6. The van der Waals surface area contributed by atoms with Gasteiger partial charge < -0.3 is 10.2 Å². The normalized spacial score (nSPS) is 34.3. The third-order valence-electron chi connectivity index (χ3n) is 6.83. The van der Waals surface area contributed by atoms with Gasteiger partial charge in [0.1, 0.15) is 5.82 Å². The van der Waals surface area contributed by atoms with Gasteiger partial charge in [-0.2, -0.15) is 0 Å². The molecular weight excluding hydrogens is 315 g/mol. The zero-order valence-electron chi connectivity index (χ0n) is 15.3. The summed E-state index contributed by atoms with van der Waals surface area (Å²) in [6.45, 7) is 0.539. The Morgan fingerprint density at radius 3 is 2.32 bits per heavy atom. The Hall–Kier alpha value is -1.42. The van der Waals surface area contributed by atoms with E-state index >= 15 is 0 Å². The largest absolute Gasteiger partial charge is 0.354 e. The number of hydrogen-bond donors (Lipinski definition) is 1. The number of carbonyl (C=O) groups excluding carboxylic acids is 1. The minimum absolute atomic E-state index is 0.00596. The van der Waals surface area contributed by atoms with Crippen LogP contribution in [0.1, 0.15) is 50.1 Å². The Kier molecular flexibility index (Phi) is 4.35. The van der Waals surface area contributed by atoms with Gasteiger partial charge in [-0.05, 0) is 88.1 Å². The fourth-order valence-corrected chi connectivity index (χ4v) is 6.08. The van der Waals surface area contributed by atoms with Gasteiger partial charge >= 0.3 is 0 Å². The molecule has 4 aliphatic carbocycles. The first-order valence-electron chi connectivity index (χ1n) is 9.65. The molecule has 1 atom stereocenters. The Bertz CT molecular complexity index is 622. The van der Waals surface area contributed by atoms with E-state index in [1.54, 1.807) is 12.1 Å². The fraction of sp³-hybridized carbons (Fsp3) is 0.667. The van der Waals surface area contributed by atoms with Crippen molar-refractivity contribution in [2.45, 2.75) is 44.6 Å². The van der Waals surface area contributed by atoms with Crippen LogP contribution >= 0.6 is 0 Å². The predicted molar refractivity (Wildman–Crippen MR) is 96.4 cm³/mol. The number of halogens is 1. The highest BCUT2D eigenvalue weighted by atomic mass is 19.1. The zero-order chi connectivity index (χ0) is 17.6. The second-order valence-corrected chi connectivity index (χ2v) is 8.94. The van der Waals surface area contributed by atoms with Crippen LogP contribution in [-0.2, 0) is 4.79 Å². The van der Waals surface area contributed by atoms with E-state index < -0.39 is 0 Å². The second kappa shape index (κ2) is 6.39. The van der Waals surface area contributed by atoms with Crippen LogP contribution in [0.4, 0.5) is 4.39 Å². The number of carbonyl (C=O) groups is 1. The monoisotopic (exact) mass is 344 g/mol. The molecule has 1 amide bonds. The first kappa shape index (κ1) is 17.0. The van der Waals surface area contributed by atoms with Crippen molar-refractivity contribution in [2.75, 3.05) is 20.6 Å². The number of nitrogens with zero attached hydrogens (tertiary/aromatic N) is 1. The number of hydrogen-bond acceptors (Lipinski definition) is 2. The lowest BCUT2D eigenvalue weighted by Gasteiger charge is -2.55. The van der Waals surface area contributed by atoms with Crippen molar-refractivity contribution in [3.05, 3.63) is 35.6 Å². The highest BCUT2D eigenvalue weighted by molar-refractivity contribution is 5.83. The molecule has 0 aliphatic heterocycles. The molecule has 25 heavy (non-hydrogen) atoms. The quantitative estimate of drug-likeness (QED) is 0.882. The van der Waals surface area contributed by atoms with Gasteiger partial charge in [0.2, 0.25) is 5.91 Å². The van der Waals surface area contributed by atoms with Gasteiger partial charge in [-0.15, -0.1) is 0 Å². The summed E-state index contributed by atoms with van der Waals surface area (Å²) in [5.41, 5.74) is 0.795. The summed E-state index contributed by atoms with van der Waals surface area (Å²) in [5.74, 6) is 2.33. The molecule has 0 spiro atoms. The lowest BCUT2D eigenvalue weighted by atomic mass is 9.49. The van der Waals surface area contributed by atoms with E-state index in [-0.39, 0.29) is 23.2 Å². The molecule has 4 heteroatoms. The summed E-state index contributed by atoms with van der Waals surface area (Å²) in [6, 6.07) is 6.70. The molecule has 4 fully saturated rings. The van der Waals surface area contributed by atoms with Crippen molar-refractivity contribution in [2.24, 2.45) is 23.2 Å². The van der Waals surface area contributed by atoms with Crippen LogP contribution in [0.5, 0.6) is 0 Å². The summed E-state index contributed by atoms with van der Waals surface area (Å²) < 4.78 is 13.6. The number of nitrogens with one attached hydrogen (secondary N) is 1. The van der Waals surface area contributed by atoms with Gasteiger partial charge in [0.05, 0.1) is 6.04 Å². The molecule has 0 aromatic heterocycles. The summed E-state index contributed by atoms with van der Waals surface area (Å²) in [5, 5.41) is 3.24. The maximum atomic E-state index is 13.6. The topological polar surface area (TPSA) is 32.3 Å². The van der Waals surface area contributed by atoms with Crippen LogP contribution in [0, 0.1) is 29.0 Å². The van der Waals surface area contributed by atoms with E-state index in [4.69, 9.17) is 0 Å². The summed E-state index contributed by atoms with van der Waals surface area (Å²) in [6.07, 6.45) is 7.27. The third kappa shape index (κ3) is 3.21. The van der Waals surface area contributed by atoms with Crippen LogP contribution in [0.3, 0.4) is 0 Å². The first-order valence-corrected chi connectivity index (χ1v) is 9.65. The van der Waals surface area contributed by atoms with Crippen molar-refractivity contribution >= 4 is 5.91 Å². The van der Waals surface area contributed by atoms with Gasteiger partial charge in [-0.3, -0.25) is 4.79 Å². The summed E-state index contributed by atoms with van der Waals surface area (Å²) in [7, 11) is 3.96. The molecule has 0 heterocycles. The highest BCUT2D eigenvalue weighted by Crippen LogP contribution is 2.60. The van der Waals surface area contributed by atoms with Gasteiger partial charge in [0.25, 0.3) is 0 Å². The van der Waals surface area contributed by atoms with Crippen molar-refractivity contribution < 1.29 is 9.18 Å². The molecule has 1 unspecified atom stereocenters. The molecule has 1 N–H and O–H groups in total. The molecule has 5 rings (SSSR count). The number of likely N-dealkylation sites (N-methyl/N-ethyl adjacent to an activating group) is 1. The summed E-state index contributed by atoms with van der Waals surface area (Å²) >= 11 is 0. The average molecular weight is 344 g/mol. The van der Waals surface area contributed by atoms with Gasteiger partial charge in [-0.1, -0.05) is 12.1 Å². The zero-order valence-corrected chi connectivity index (χ0v) is 15.3. The van der Waals surface area contributed by atoms with E-state index in [1.165, 1.54) is 25.3 Å². The van der Waals surface area contributed by atoms with Crippen LogP contribution in [0.2, 0.25) is 0 Å². The minimum Gasteiger partial charge on any atom is -0.354 e. The van der Waals surface area contributed by atoms with Crippen LogP contribution in [-0.4, -0.2) is 31.4 Å². The number of amides is 1. The Morgan fingerprint density at radius 2 is 1.80 bits per heavy atom. The molecule has 3 nitrogen and oxygen atoms in total. The minimum atomic E-state index is -0.225. The second-order valence-electron chi connectivity index (χ2n) is 8.94. The number of benzene rings is 1. The molecule has 1 aromatic rings. The predicted octanol–water partition coefficient (Wildman–Crippen LogP) is 3.76. The van der Waals surface area contributed by atoms with Crippen molar-refractivity contribution in [1.29, 1.82) is 0 Å². The van der Waals surface area contributed by atoms with E-state index in [0.29, 0.717) is 6.54 Å². The molecule has 4 saturated carbocycles. The molecule has 4 aliphatic rings. The standard InChI is InChI=1S/C21H29FN2O/c1-24(2)19(17-4-3-5-18(22)9-17)13-23-20(25)21-10-14-6-15(11-21)8-16(7-14)12-21/h3-5,9,14-16,19H,6-8,10-13H2,1-2H3,(H,23,25). The molecule has 1 aromatic carbocycles. The van der Waals surface area contributed by atoms with E-state index in [2.05, 4.69) is 10.2 Å². The van der Waals surface area contributed by atoms with E-state index in [9.17, 15) is 9.18 Å². The lowest BCUT2D eigenvalue weighted by Crippen LogP contribution is -2.54. The fourth-order valence-electron chi connectivity index (χ4n) is 6.08. The van der Waals surface area contributed by atoms with E-state index in [1.807, 2.05) is 20.2 Å². The number of rotatable bonds is 5. The molecule has 0 radical (unpaired) electrons. The van der Waals surface area contributed by atoms with Gasteiger partial charge in [0, 0.05) is 12.0 Å². The smallest absolute Gasteiger partial charge is 0.226 e. The van der Waals surface area contributed by atoms with Crippen molar-refractivity contribution in [3.63, 3.8) is 0 Å². The van der Waals surface area contributed by atoms with E-state index in [0.717, 1.165) is 42.6 Å². The highest BCUT2D eigenvalue weighted by Gasteiger charge is 2.54. The molecule has 4 bridgehead atoms. The van der Waals surface area contributed by atoms with Crippen molar-refractivity contribution in [3.8, 4) is 0 Å².